The van der Waals surface area contributed by atoms with Crippen LogP contribution in [0, 0.1) is 11.8 Å². The van der Waals surface area contributed by atoms with E-state index in [9.17, 15) is 0 Å². The molecule has 0 bridgehead atoms. The molecule has 9 heavy (non-hydrogen) atoms. The fourth-order valence-electron chi connectivity index (χ4n) is 1.44. The maximum absolute atomic E-state index is 5.26. The van der Waals surface area contributed by atoms with Gasteiger partial charge in [-0.25, -0.2) is 0 Å². The zero-order valence-corrected chi connectivity index (χ0v) is 6.39. The van der Waals surface area contributed by atoms with Gasteiger partial charge in [-0.15, -0.1) is 0 Å². The summed E-state index contributed by atoms with van der Waals surface area (Å²) in [6.45, 7) is 6.56. The third-order valence-corrected chi connectivity index (χ3v) is 1.83. The third kappa shape index (κ3) is 2.35. The van der Waals surface area contributed by atoms with Crippen LogP contribution in [0.1, 0.15) is 26.7 Å². The van der Waals surface area contributed by atoms with Crippen LogP contribution >= 0.6 is 0 Å². The SMILES string of the molecule is CC(C)C[C@@H]1CCOC1. The summed E-state index contributed by atoms with van der Waals surface area (Å²) in [7, 11) is 0. The zero-order valence-electron chi connectivity index (χ0n) is 6.39. The summed E-state index contributed by atoms with van der Waals surface area (Å²) < 4.78 is 5.26. The minimum atomic E-state index is 0.844. The lowest BCUT2D eigenvalue weighted by Gasteiger charge is -2.08. The van der Waals surface area contributed by atoms with Crippen molar-refractivity contribution in [3.63, 3.8) is 0 Å². The predicted octanol–water partition coefficient (Wildman–Crippen LogP) is 2.07. The van der Waals surface area contributed by atoms with E-state index >= 15 is 0 Å². The molecule has 0 amide bonds. The van der Waals surface area contributed by atoms with Gasteiger partial charge in [0.2, 0.25) is 0 Å². The summed E-state index contributed by atoms with van der Waals surface area (Å²) in [4.78, 5) is 0. The van der Waals surface area contributed by atoms with Gasteiger partial charge in [0.1, 0.15) is 0 Å². The summed E-state index contributed by atoms with van der Waals surface area (Å²) in [6, 6.07) is 0. The molecule has 1 heteroatoms. The molecule has 0 aromatic rings. The Hall–Kier alpha value is -0.0400. The average Bonchev–Trinajstić information content (AvgIpc) is 2.15. The molecule has 0 unspecified atom stereocenters. The van der Waals surface area contributed by atoms with Gasteiger partial charge in [-0.1, -0.05) is 13.8 Å². The van der Waals surface area contributed by atoms with Gasteiger partial charge in [0.05, 0.1) is 0 Å². The molecule has 54 valence electrons. The molecule has 1 heterocycles. The Labute approximate surface area is 57.4 Å². The van der Waals surface area contributed by atoms with E-state index in [0.717, 1.165) is 25.0 Å². The Balaban J connectivity index is 2.11. The van der Waals surface area contributed by atoms with Gasteiger partial charge >= 0.3 is 0 Å². The van der Waals surface area contributed by atoms with Crippen molar-refractivity contribution in [2.24, 2.45) is 11.8 Å². The second kappa shape index (κ2) is 3.21. The fraction of sp³-hybridized carbons (Fsp3) is 1.00. The van der Waals surface area contributed by atoms with Gasteiger partial charge in [-0.3, -0.25) is 0 Å². The van der Waals surface area contributed by atoms with Crippen molar-refractivity contribution < 1.29 is 4.74 Å². The minimum Gasteiger partial charge on any atom is -0.381 e. The van der Waals surface area contributed by atoms with Crippen LogP contribution in [-0.2, 0) is 4.74 Å². The molecular weight excluding hydrogens is 112 g/mol. The largest absolute Gasteiger partial charge is 0.381 e. The molecule has 1 atom stereocenters. The van der Waals surface area contributed by atoms with Crippen molar-refractivity contribution in [3.05, 3.63) is 0 Å². The lowest BCUT2D eigenvalue weighted by molar-refractivity contribution is 0.181. The normalized spacial score (nSPS) is 27.7. The van der Waals surface area contributed by atoms with Crippen molar-refractivity contribution in [2.75, 3.05) is 13.2 Å². The molecule has 0 aromatic heterocycles. The highest BCUT2D eigenvalue weighted by Crippen LogP contribution is 2.20. The van der Waals surface area contributed by atoms with E-state index in [0.29, 0.717) is 0 Å². The average molecular weight is 128 g/mol. The highest BCUT2D eigenvalue weighted by Gasteiger charge is 2.15. The molecule has 0 N–H and O–H groups in total. The smallest absolute Gasteiger partial charge is 0.0495 e. The van der Waals surface area contributed by atoms with Crippen molar-refractivity contribution in [2.45, 2.75) is 26.7 Å². The minimum absolute atomic E-state index is 0.844. The molecule has 0 aromatic carbocycles. The van der Waals surface area contributed by atoms with E-state index in [-0.39, 0.29) is 0 Å². The van der Waals surface area contributed by atoms with Gasteiger partial charge in [-0.05, 0) is 24.7 Å². The first-order valence-corrected chi connectivity index (χ1v) is 3.87. The third-order valence-electron chi connectivity index (χ3n) is 1.83. The maximum atomic E-state index is 5.26. The Morgan fingerprint density at radius 3 is 2.78 bits per heavy atom. The monoisotopic (exact) mass is 128 g/mol. The molecule has 1 aliphatic heterocycles. The van der Waals surface area contributed by atoms with Crippen molar-refractivity contribution in [3.8, 4) is 0 Å². The van der Waals surface area contributed by atoms with Gasteiger partial charge < -0.3 is 4.74 Å². The Kier molecular flexibility index (Phi) is 2.52. The number of ether oxygens (including phenoxy) is 1. The summed E-state index contributed by atoms with van der Waals surface area (Å²) in [6.07, 6.45) is 2.64. The molecule has 1 aliphatic rings. The lowest BCUT2D eigenvalue weighted by atomic mass is 9.97. The maximum Gasteiger partial charge on any atom is 0.0495 e. The predicted molar refractivity (Wildman–Crippen MR) is 38.4 cm³/mol. The van der Waals surface area contributed by atoms with Crippen LogP contribution in [0.5, 0.6) is 0 Å². The molecule has 0 radical (unpaired) electrons. The van der Waals surface area contributed by atoms with Crippen LogP contribution in [0.2, 0.25) is 0 Å². The number of hydrogen-bond donors (Lipinski definition) is 0. The van der Waals surface area contributed by atoms with Crippen LogP contribution in [0.3, 0.4) is 0 Å². The van der Waals surface area contributed by atoms with E-state index < -0.39 is 0 Å². The highest BCUT2D eigenvalue weighted by molar-refractivity contribution is 4.65. The Morgan fingerprint density at radius 2 is 2.33 bits per heavy atom. The number of hydrogen-bond acceptors (Lipinski definition) is 1. The quantitative estimate of drug-likeness (QED) is 0.553. The first-order chi connectivity index (χ1) is 4.29. The molecule has 0 spiro atoms. The summed E-state index contributed by atoms with van der Waals surface area (Å²) in [5.41, 5.74) is 0. The van der Waals surface area contributed by atoms with Crippen LogP contribution in [0.15, 0.2) is 0 Å². The second-order valence-corrected chi connectivity index (χ2v) is 3.36. The molecule has 1 rings (SSSR count). The Bertz CT molecular complexity index is 72.6. The van der Waals surface area contributed by atoms with Gasteiger partial charge in [0, 0.05) is 13.2 Å². The summed E-state index contributed by atoms with van der Waals surface area (Å²) in [5, 5.41) is 0. The van der Waals surface area contributed by atoms with Crippen molar-refractivity contribution in [1.82, 2.24) is 0 Å². The molecule has 1 nitrogen and oxygen atoms in total. The first kappa shape index (κ1) is 7.07. The molecule has 0 aliphatic carbocycles. The van der Waals surface area contributed by atoms with Crippen molar-refractivity contribution >= 4 is 0 Å². The number of rotatable bonds is 2. The van der Waals surface area contributed by atoms with Crippen LogP contribution in [0.25, 0.3) is 0 Å². The highest BCUT2D eigenvalue weighted by atomic mass is 16.5. The van der Waals surface area contributed by atoms with Gasteiger partial charge in [0.15, 0.2) is 0 Å². The molecular formula is C8H16O. The zero-order chi connectivity index (χ0) is 6.69. The van der Waals surface area contributed by atoms with E-state index in [2.05, 4.69) is 13.8 Å². The Morgan fingerprint density at radius 1 is 1.56 bits per heavy atom. The second-order valence-electron chi connectivity index (χ2n) is 3.36. The molecule has 0 saturated carbocycles. The standard InChI is InChI=1S/C8H16O/c1-7(2)5-8-3-4-9-6-8/h7-8H,3-6H2,1-2H3/t8-/m0/s1. The summed E-state index contributed by atoms with van der Waals surface area (Å²) >= 11 is 0. The van der Waals surface area contributed by atoms with E-state index in [1.54, 1.807) is 0 Å². The van der Waals surface area contributed by atoms with E-state index in [1.165, 1.54) is 12.8 Å². The van der Waals surface area contributed by atoms with Gasteiger partial charge in [-0.2, -0.15) is 0 Å². The van der Waals surface area contributed by atoms with Gasteiger partial charge in [0.25, 0.3) is 0 Å². The van der Waals surface area contributed by atoms with Crippen LogP contribution in [-0.4, -0.2) is 13.2 Å². The topological polar surface area (TPSA) is 9.23 Å². The fourth-order valence-corrected chi connectivity index (χ4v) is 1.44. The van der Waals surface area contributed by atoms with Crippen LogP contribution < -0.4 is 0 Å². The lowest BCUT2D eigenvalue weighted by Crippen LogP contribution is -2.02. The molecule has 1 fully saturated rings. The summed E-state index contributed by atoms with van der Waals surface area (Å²) in [5.74, 6) is 1.71. The molecule has 1 saturated heterocycles. The van der Waals surface area contributed by atoms with Crippen LogP contribution in [0.4, 0.5) is 0 Å². The van der Waals surface area contributed by atoms with Crippen molar-refractivity contribution in [1.29, 1.82) is 0 Å². The van der Waals surface area contributed by atoms with E-state index in [1.807, 2.05) is 0 Å². The van der Waals surface area contributed by atoms with E-state index in [4.69, 9.17) is 4.74 Å². The first-order valence-electron chi connectivity index (χ1n) is 3.87.